The standard InChI is InChI=1S/C15H20N2O2S/c18-15(17-7-11-20-12-8-17)13-3-1-2-4-14(13)16-5-9-19-10-6-16/h1-4H,5-12H2. The van der Waals surface area contributed by atoms with Crippen LogP contribution in [0.15, 0.2) is 24.3 Å². The highest BCUT2D eigenvalue weighted by Crippen LogP contribution is 2.24. The number of amides is 1. The van der Waals surface area contributed by atoms with Gasteiger partial charge in [-0.3, -0.25) is 4.79 Å². The predicted molar refractivity (Wildman–Crippen MR) is 82.7 cm³/mol. The molecule has 4 nitrogen and oxygen atoms in total. The van der Waals surface area contributed by atoms with E-state index in [9.17, 15) is 4.79 Å². The molecule has 2 heterocycles. The fraction of sp³-hybridized carbons (Fsp3) is 0.533. The number of ether oxygens (including phenoxy) is 1. The van der Waals surface area contributed by atoms with Gasteiger partial charge in [-0.25, -0.2) is 0 Å². The highest BCUT2D eigenvalue weighted by Gasteiger charge is 2.23. The third-order valence-electron chi connectivity index (χ3n) is 3.78. The number of thioether (sulfide) groups is 1. The summed E-state index contributed by atoms with van der Waals surface area (Å²) in [6.07, 6.45) is 0. The predicted octanol–water partition coefficient (Wildman–Crippen LogP) is 1.71. The van der Waals surface area contributed by atoms with Crippen LogP contribution in [0, 0.1) is 0 Å². The van der Waals surface area contributed by atoms with Gasteiger partial charge in [0.1, 0.15) is 0 Å². The summed E-state index contributed by atoms with van der Waals surface area (Å²) < 4.78 is 5.40. The van der Waals surface area contributed by atoms with Crippen LogP contribution in [0.3, 0.4) is 0 Å². The zero-order valence-electron chi connectivity index (χ0n) is 11.6. The Morgan fingerprint density at radius 2 is 1.75 bits per heavy atom. The van der Waals surface area contributed by atoms with Crippen molar-refractivity contribution in [2.45, 2.75) is 0 Å². The summed E-state index contributed by atoms with van der Waals surface area (Å²) in [5.41, 5.74) is 1.89. The highest BCUT2D eigenvalue weighted by molar-refractivity contribution is 7.99. The molecular formula is C15H20N2O2S. The molecule has 0 bridgehead atoms. The van der Waals surface area contributed by atoms with Gasteiger partial charge in [-0.2, -0.15) is 11.8 Å². The van der Waals surface area contributed by atoms with Crippen molar-refractivity contribution in [1.82, 2.24) is 4.90 Å². The summed E-state index contributed by atoms with van der Waals surface area (Å²) in [5, 5.41) is 0. The van der Waals surface area contributed by atoms with E-state index in [0.717, 1.165) is 62.1 Å². The van der Waals surface area contributed by atoms with E-state index >= 15 is 0 Å². The molecule has 0 saturated carbocycles. The van der Waals surface area contributed by atoms with Crippen LogP contribution in [-0.2, 0) is 4.74 Å². The molecule has 2 aliphatic heterocycles. The van der Waals surface area contributed by atoms with E-state index in [1.54, 1.807) is 0 Å². The maximum absolute atomic E-state index is 12.7. The number of rotatable bonds is 2. The number of anilines is 1. The Bertz CT molecular complexity index is 469. The van der Waals surface area contributed by atoms with Crippen molar-refractivity contribution in [3.8, 4) is 0 Å². The minimum Gasteiger partial charge on any atom is -0.378 e. The Hall–Kier alpha value is -1.20. The molecule has 3 rings (SSSR count). The third-order valence-corrected chi connectivity index (χ3v) is 4.73. The summed E-state index contributed by atoms with van der Waals surface area (Å²) in [5.74, 6) is 2.27. The van der Waals surface area contributed by atoms with Crippen LogP contribution < -0.4 is 4.90 Å². The lowest BCUT2D eigenvalue weighted by Gasteiger charge is -2.32. The molecule has 0 aromatic heterocycles. The molecule has 20 heavy (non-hydrogen) atoms. The average Bonchev–Trinajstić information content (AvgIpc) is 2.56. The molecule has 2 saturated heterocycles. The van der Waals surface area contributed by atoms with Crippen LogP contribution >= 0.6 is 11.8 Å². The molecule has 1 aromatic carbocycles. The first-order valence-corrected chi connectivity index (χ1v) is 8.30. The monoisotopic (exact) mass is 292 g/mol. The number of benzene rings is 1. The molecular weight excluding hydrogens is 272 g/mol. The van der Waals surface area contributed by atoms with E-state index < -0.39 is 0 Å². The number of carbonyl (C=O) groups excluding carboxylic acids is 1. The van der Waals surface area contributed by atoms with Gasteiger partial charge in [-0.05, 0) is 12.1 Å². The van der Waals surface area contributed by atoms with Gasteiger partial charge in [0.05, 0.1) is 18.8 Å². The van der Waals surface area contributed by atoms with Gasteiger partial charge in [-0.1, -0.05) is 12.1 Å². The SMILES string of the molecule is O=C(c1ccccc1N1CCOCC1)N1CCSCC1. The van der Waals surface area contributed by atoms with Gasteiger partial charge in [0.15, 0.2) is 0 Å². The summed E-state index contributed by atoms with van der Waals surface area (Å²) in [7, 11) is 0. The number of carbonyl (C=O) groups is 1. The van der Waals surface area contributed by atoms with Gasteiger partial charge in [0.25, 0.3) is 5.91 Å². The van der Waals surface area contributed by atoms with E-state index in [-0.39, 0.29) is 5.91 Å². The molecule has 0 N–H and O–H groups in total. The molecule has 2 fully saturated rings. The second kappa shape index (κ2) is 6.50. The Labute approximate surface area is 124 Å². The summed E-state index contributed by atoms with van der Waals surface area (Å²) >= 11 is 1.92. The van der Waals surface area contributed by atoms with Crippen LogP contribution in [0.2, 0.25) is 0 Å². The minimum atomic E-state index is 0.174. The van der Waals surface area contributed by atoms with E-state index in [1.807, 2.05) is 34.9 Å². The van der Waals surface area contributed by atoms with Gasteiger partial charge < -0.3 is 14.5 Å². The zero-order chi connectivity index (χ0) is 13.8. The Kier molecular flexibility index (Phi) is 4.47. The molecule has 5 heteroatoms. The van der Waals surface area contributed by atoms with Gasteiger partial charge in [0, 0.05) is 43.4 Å². The fourth-order valence-electron chi connectivity index (χ4n) is 2.67. The Balaban J connectivity index is 1.82. The maximum atomic E-state index is 12.7. The van der Waals surface area contributed by atoms with Gasteiger partial charge >= 0.3 is 0 Å². The second-order valence-electron chi connectivity index (χ2n) is 5.02. The first-order chi connectivity index (χ1) is 9.86. The number of nitrogens with zero attached hydrogens (tertiary/aromatic N) is 2. The van der Waals surface area contributed by atoms with Gasteiger partial charge in [-0.15, -0.1) is 0 Å². The van der Waals surface area contributed by atoms with E-state index in [2.05, 4.69) is 11.0 Å². The molecule has 0 atom stereocenters. The van der Waals surface area contributed by atoms with Gasteiger partial charge in [0.2, 0.25) is 0 Å². The van der Waals surface area contributed by atoms with Crippen molar-refractivity contribution >= 4 is 23.4 Å². The lowest BCUT2D eigenvalue weighted by atomic mass is 10.1. The summed E-state index contributed by atoms with van der Waals surface area (Å²) in [6, 6.07) is 7.97. The van der Waals surface area contributed by atoms with Crippen LogP contribution in [0.1, 0.15) is 10.4 Å². The highest BCUT2D eigenvalue weighted by atomic mass is 32.2. The van der Waals surface area contributed by atoms with Crippen LogP contribution in [0.5, 0.6) is 0 Å². The lowest BCUT2D eigenvalue weighted by molar-refractivity contribution is 0.0771. The van der Waals surface area contributed by atoms with Crippen molar-refractivity contribution in [3.05, 3.63) is 29.8 Å². The molecule has 108 valence electrons. The number of hydrogen-bond donors (Lipinski definition) is 0. The van der Waals surface area contributed by atoms with Crippen molar-refractivity contribution in [1.29, 1.82) is 0 Å². The van der Waals surface area contributed by atoms with Crippen molar-refractivity contribution in [2.75, 3.05) is 55.8 Å². The largest absolute Gasteiger partial charge is 0.378 e. The smallest absolute Gasteiger partial charge is 0.256 e. The zero-order valence-corrected chi connectivity index (χ0v) is 12.4. The molecule has 0 spiro atoms. The summed E-state index contributed by atoms with van der Waals surface area (Å²) in [6.45, 7) is 4.92. The Morgan fingerprint density at radius 1 is 1.05 bits per heavy atom. The first kappa shape index (κ1) is 13.8. The third kappa shape index (κ3) is 2.94. The fourth-order valence-corrected chi connectivity index (χ4v) is 3.57. The number of para-hydroxylation sites is 1. The topological polar surface area (TPSA) is 32.8 Å². The van der Waals surface area contributed by atoms with Crippen LogP contribution in [0.4, 0.5) is 5.69 Å². The Morgan fingerprint density at radius 3 is 2.50 bits per heavy atom. The molecule has 0 aliphatic carbocycles. The van der Waals surface area contributed by atoms with Crippen molar-refractivity contribution in [3.63, 3.8) is 0 Å². The normalized spacial score (nSPS) is 20.0. The van der Waals surface area contributed by atoms with Crippen LogP contribution in [-0.4, -0.2) is 61.7 Å². The molecule has 0 unspecified atom stereocenters. The van der Waals surface area contributed by atoms with E-state index in [0.29, 0.717) is 0 Å². The quantitative estimate of drug-likeness (QED) is 0.831. The molecule has 2 aliphatic rings. The van der Waals surface area contributed by atoms with Crippen molar-refractivity contribution < 1.29 is 9.53 Å². The van der Waals surface area contributed by atoms with Crippen LogP contribution in [0.25, 0.3) is 0 Å². The second-order valence-corrected chi connectivity index (χ2v) is 6.25. The molecule has 0 radical (unpaired) electrons. The molecule has 1 aromatic rings. The average molecular weight is 292 g/mol. The molecule has 1 amide bonds. The van der Waals surface area contributed by atoms with E-state index in [4.69, 9.17) is 4.74 Å². The summed E-state index contributed by atoms with van der Waals surface area (Å²) in [4.78, 5) is 17.0. The minimum absolute atomic E-state index is 0.174. The maximum Gasteiger partial charge on any atom is 0.256 e. The first-order valence-electron chi connectivity index (χ1n) is 7.15. The van der Waals surface area contributed by atoms with Crippen molar-refractivity contribution in [2.24, 2.45) is 0 Å². The number of hydrogen-bond acceptors (Lipinski definition) is 4. The van der Waals surface area contributed by atoms with E-state index in [1.165, 1.54) is 0 Å². The number of morpholine rings is 1. The lowest BCUT2D eigenvalue weighted by Crippen LogP contribution is -2.40.